The van der Waals surface area contributed by atoms with Gasteiger partial charge in [0.1, 0.15) is 12.3 Å². The maximum atomic E-state index is 13.0. The quantitative estimate of drug-likeness (QED) is 0.290. The summed E-state index contributed by atoms with van der Waals surface area (Å²) in [7, 11) is 3.09. The number of benzene rings is 2. The molecule has 0 unspecified atom stereocenters. The maximum absolute atomic E-state index is 13.0. The van der Waals surface area contributed by atoms with Crippen LogP contribution >= 0.6 is 0 Å². The Kier molecular flexibility index (Phi) is 8.24. The summed E-state index contributed by atoms with van der Waals surface area (Å²) in [4.78, 5) is 29.6. The van der Waals surface area contributed by atoms with Gasteiger partial charge in [0.05, 0.1) is 19.1 Å². The SMILES string of the molecule is CC[C@H](C)N(Cc1nc(-c2ccc(OC)c(OC)c2)no1)C(=O)COc1ccc([N+](=O)[O-])c(C)c1. The Balaban J connectivity index is 1.72. The monoisotopic (exact) mass is 484 g/mol. The van der Waals surface area contributed by atoms with E-state index in [1.165, 1.54) is 18.2 Å². The van der Waals surface area contributed by atoms with Gasteiger partial charge in [0.2, 0.25) is 11.7 Å². The minimum atomic E-state index is -0.463. The Morgan fingerprint density at radius 1 is 1.17 bits per heavy atom. The summed E-state index contributed by atoms with van der Waals surface area (Å²) < 4.78 is 21.6. The van der Waals surface area contributed by atoms with Crippen LogP contribution in [0.2, 0.25) is 0 Å². The molecule has 3 rings (SSSR count). The minimum Gasteiger partial charge on any atom is -0.493 e. The lowest BCUT2D eigenvalue weighted by molar-refractivity contribution is -0.385. The van der Waals surface area contributed by atoms with Gasteiger partial charge < -0.3 is 23.6 Å². The van der Waals surface area contributed by atoms with Crippen molar-refractivity contribution in [1.29, 1.82) is 0 Å². The maximum Gasteiger partial charge on any atom is 0.272 e. The van der Waals surface area contributed by atoms with Crippen molar-refractivity contribution in [2.75, 3.05) is 20.8 Å². The number of methoxy groups -OCH3 is 2. The van der Waals surface area contributed by atoms with Crippen LogP contribution in [0.1, 0.15) is 31.7 Å². The molecule has 0 N–H and O–H groups in total. The average molecular weight is 485 g/mol. The third-order valence-corrected chi connectivity index (χ3v) is 5.59. The molecule has 1 heterocycles. The van der Waals surface area contributed by atoms with E-state index in [0.717, 1.165) is 0 Å². The van der Waals surface area contributed by atoms with Gasteiger partial charge >= 0.3 is 0 Å². The number of rotatable bonds is 11. The molecule has 35 heavy (non-hydrogen) atoms. The number of nitro groups is 1. The number of carbonyl (C=O) groups is 1. The van der Waals surface area contributed by atoms with Gasteiger partial charge in [-0.25, -0.2) is 0 Å². The smallest absolute Gasteiger partial charge is 0.272 e. The largest absolute Gasteiger partial charge is 0.493 e. The summed E-state index contributed by atoms with van der Waals surface area (Å²) in [6, 6.07) is 9.53. The number of aryl methyl sites for hydroxylation is 1. The Hall–Kier alpha value is -4.15. The molecule has 0 aliphatic carbocycles. The highest BCUT2D eigenvalue weighted by atomic mass is 16.6. The van der Waals surface area contributed by atoms with Gasteiger partial charge in [0.15, 0.2) is 18.1 Å². The van der Waals surface area contributed by atoms with Crippen molar-refractivity contribution >= 4 is 11.6 Å². The van der Waals surface area contributed by atoms with Crippen LogP contribution in [0.5, 0.6) is 17.2 Å². The summed E-state index contributed by atoms with van der Waals surface area (Å²) in [6.45, 7) is 5.37. The molecule has 11 nitrogen and oxygen atoms in total. The predicted molar refractivity (Wildman–Crippen MR) is 126 cm³/mol. The highest BCUT2D eigenvalue weighted by Gasteiger charge is 2.23. The van der Waals surface area contributed by atoms with E-state index < -0.39 is 4.92 Å². The second-order valence-electron chi connectivity index (χ2n) is 7.85. The molecule has 1 amide bonds. The van der Waals surface area contributed by atoms with Crippen LogP contribution in [0.25, 0.3) is 11.4 Å². The van der Waals surface area contributed by atoms with E-state index in [1.807, 2.05) is 13.8 Å². The first kappa shape index (κ1) is 25.5. The lowest BCUT2D eigenvalue weighted by Crippen LogP contribution is -2.40. The first-order chi connectivity index (χ1) is 16.8. The van der Waals surface area contributed by atoms with E-state index in [1.54, 1.807) is 44.2 Å². The molecule has 0 fully saturated rings. The highest BCUT2D eigenvalue weighted by molar-refractivity contribution is 5.78. The lowest BCUT2D eigenvalue weighted by Gasteiger charge is -2.27. The molecule has 0 aliphatic heterocycles. The molecular weight excluding hydrogens is 456 g/mol. The molecule has 0 saturated carbocycles. The third-order valence-electron chi connectivity index (χ3n) is 5.59. The summed E-state index contributed by atoms with van der Waals surface area (Å²) in [5.41, 5.74) is 1.12. The molecule has 1 aromatic heterocycles. The third kappa shape index (κ3) is 6.05. The van der Waals surface area contributed by atoms with Gasteiger partial charge in [0.25, 0.3) is 11.6 Å². The van der Waals surface area contributed by atoms with Crippen molar-refractivity contribution in [3.8, 4) is 28.6 Å². The molecule has 3 aromatic rings. The zero-order valence-corrected chi connectivity index (χ0v) is 20.3. The summed E-state index contributed by atoms with van der Waals surface area (Å²) in [5, 5.41) is 15.0. The zero-order valence-electron chi connectivity index (χ0n) is 20.3. The highest BCUT2D eigenvalue weighted by Crippen LogP contribution is 2.31. The molecule has 0 radical (unpaired) electrons. The van der Waals surface area contributed by atoms with E-state index in [9.17, 15) is 14.9 Å². The molecule has 0 spiro atoms. The molecule has 0 bridgehead atoms. The molecule has 0 aliphatic rings. The molecule has 186 valence electrons. The van der Waals surface area contributed by atoms with Crippen molar-refractivity contribution in [3.63, 3.8) is 0 Å². The number of carbonyl (C=O) groups excluding carboxylic acids is 1. The van der Waals surface area contributed by atoms with Gasteiger partial charge in [-0.2, -0.15) is 4.98 Å². The van der Waals surface area contributed by atoms with Crippen LogP contribution in [0.4, 0.5) is 5.69 Å². The fourth-order valence-electron chi connectivity index (χ4n) is 3.42. The number of aromatic nitrogens is 2. The van der Waals surface area contributed by atoms with Crippen LogP contribution < -0.4 is 14.2 Å². The van der Waals surface area contributed by atoms with E-state index in [0.29, 0.717) is 40.6 Å². The Morgan fingerprint density at radius 2 is 1.91 bits per heavy atom. The predicted octanol–water partition coefficient (Wildman–Crippen LogP) is 4.18. The van der Waals surface area contributed by atoms with Crippen LogP contribution in [-0.4, -0.2) is 52.7 Å². The van der Waals surface area contributed by atoms with Crippen molar-refractivity contribution in [2.24, 2.45) is 0 Å². The van der Waals surface area contributed by atoms with E-state index >= 15 is 0 Å². The van der Waals surface area contributed by atoms with Gasteiger partial charge in [0, 0.05) is 23.2 Å². The molecule has 0 saturated heterocycles. The standard InChI is InChI=1S/C24H28N4O7/c1-6-16(3)27(23(29)14-34-18-8-9-19(28(30)31)15(2)11-18)13-22-25-24(26-35-22)17-7-10-20(32-4)21(12-17)33-5/h7-12,16H,6,13-14H2,1-5H3/t16-/m0/s1. The molecule has 2 aromatic carbocycles. The molecule has 1 atom stereocenters. The Bertz CT molecular complexity index is 1190. The second-order valence-corrected chi connectivity index (χ2v) is 7.85. The minimum absolute atomic E-state index is 0.00779. The van der Waals surface area contributed by atoms with E-state index in [2.05, 4.69) is 10.1 Å². The van der Waals surface area contributed by atoms with Gasteiger partial charge in [-0.3, -0.25) is 14.9 Å². The van der Waals surface area contributed by atoms with Crippen molar-refractivity contribution in [2.45, 2.75) is 39.8 Å². The summed E-state index contributed by atoms with van der Waals surface area (Å²) in [5.74, 6) is 1.84. The number of nitrogens with zero attached hydrogens (tertiary/aromatic N) is 4. The van der Waals surface area contributed by atoms with Crippen LogP contribution in [0, 0.1) is 17.0 Å². The summed E-state index contributed by atoms with van der Waals surface area (Å²) >= 11 is 0. The lowest BCUT2D eigenvalue weighted by atomic mass is 10.2. The van der Waals surface area contributed by atoms with Crippen molar-refractivity contribution < 1.29 is 28.5 Å². The van der Waals surface area contributed by atoms with Crippen molar-refractivity contribution in [1.82, 2.24) is 15.0 Å². The van der Waals surface area contributed by atoms with Crippen LogP contribution in [0.15, 0.2) is 40.9 Å². The Morgan fingerprint density at radius 3 is 2.54 bits per heavy atom. The van der Waals surface area contributed by atoms with E-state index in [-0.39, 0.29) is 36.7 Å². The first-order valence-electron chi connectivity index (χ1n) is 11.0. The Labute approximate surface area is 202 Å². The topological polar surface area (TPSA) is 130 Å². The van der Waals surface area contributed by atoms with Crippen molar-refractivity contribution in [3.05, 3.63) is 58.0 Å². The number of ether oxygens (including phenoxy) is 3. The fourth-order valence-corrected chi connectivity index (χ4v) is 3.42. The molecule has 11 heteroatoms. The normalized spacial score (nSPS) is 11.6. The van der Waals surface area contributed by atoms with Crippen LogP contribution in [-0.2, 0) is 11.3 Å². The zero-order chi connectivity index (χ0) is 25.5. The molecular formula is C24H28N4O7. The first-order valence-corrected chi connectivity index (χ1v) is 11.0. The van der Waals surface area contributed by atoms with Crippen LogP contribution in [0.3, 0.4) is 0 Å². The second kappa shape index (κ2) is 11.3. The fraction of sp³-hybridized carbons (Fsp3) is 0.375. The summed E-state index contributed by atoms with van der Waals surface area (Å²) in [6.07, 6.45) is 0.707. The van der Waals surface area contributed by atoms with E-state index in [4.69, 9.17) is 18.7 Å². The van der Waals surface area contributed by atoms with Gasteiger partial charge in [-0.05, 0) is 50.6 Å². The van der Waals surface area contributed by atoms with Gasteiger partial charge in [-0.1, -0.05) is 12.1 Å². The van der Waals surface area contributed by atoms with Gasteiger partial charge in [-0.15, -0.1) is 0 Å². The number of amides is 1. The number of hydrogen-bond acceptors (Lipinski definition) is 9. The number of nitro benzene ring substituents is 1. The number of hydrogen-bond donors (Lipinski definition) is 0. The average Bonchev–Trinajstić information content (AvgIpc) is 3.33.